The van der Waals surface area contributed by atoms with Crippen LogP contribution in [0.4, 0.5) is 11.4 Å². The number of thioether (sulfide) groups is 1. The Labute approximate surface area is 190 Å². The van der Waals surface area contributed by atoms with E-state index in [9.17, 15) is 9.59 Å². The van der Waals surface area contributed by atoms with E-state index in [1.807, 2.05) is 72.8 Å². The normalized spacial score (nSPS) is 16.9. The van der Waals surface area contributed by atoms with Gasteiger partial charge in [-0.05, 0) is 36.4 Å². The van der Waals surface area contributed by atoms with E-state index in [-0.39, 0.29) is 24.8 Å². The fraction of sp³-hybridized carbons (Fsp3) is 0.167. The second-order valence-electron chi connectivity index (χ2n) is 7.04. The Hall–Kier alpha value is -3.65. The summed E-state index contributed by atoms with van der Waals surface area (Å²) in [6.45, 7) is 0.275. The molecule has 0 spiro atoms. The molecule has 32 heavy (non-hydrogen) atoms. The second kappa shape index (κ2) is 10.1. The molecule has 8 heteroatoms. The maximum Gasteiger partial charge on any atom is 0.243 e. The number of pyridine rings is 1. The Morgan fingerprint density at radius 1 is 1.09 bits per heavy atom. The minimum atomic E-state index is -0.573. The molecule has 3 aromatic rings. The number of hydrogen-bond donors (Lipinski definition) is 1. The van der Waals surface area contributed by atoms with Crippen LogP contribution in [0.15, 0.2) is 84.0 Å². The highest BCUT2D eigenvalue weighted by Crippen LogP contribution is 2.35. The number of amidine groups is 1. The minimum absolute atomic E-state index is 0.0437. The summed E-state index contributed by atoms with van der Waals surface area (Å²) in [5.74, 6) is 0.215. The minimum Gasteiger partial charge on any atom is -0.494 e. The van der Waals surface area contributed by atoms with Gasteiger partial charge >= 0.3 is 0 Å². The fourth-order valence-corrected chi connectivity index (χ4v) is 4.40. The van der Waals surface area contributed by atoms with Gasteiger partial charge in [0.1, 0.15) is 16.7 Å². The zero-order valence-electron chi connectivity index (χ0n) is 17.5. The molecule has 1 aromatic heterocycles. The first-order valence-corrected chi connectivity index (χ1v) is 11.0. The molecule has 2 amide bonds. The number of benzene rings is 2. The zero-order valence-corrected chi connectivity index (χ0v) is 18.3. The summed E-state index contributed by atoms with van der Waals surface area (Å²) in [5, 5.41) is 2.78. The molecule has 1 atom stereocenters. The molecule has 0 aliphatic carbocycles. The summed E-state index contributed by atoms with van der Waals surface area (Å²) in [5.41, 5.74) is 2.05. The first-order chi connectivity index (χ1) is 15.6. The van der Waals surface area contributed by atoms with Gasteiger partial charge in [-0.2, -0.15) is 0 Å². The van der Waals surface area contributed by atoms with Crippen molar-refractivity contribution in [2.45, 2.75) is 18.2 Å². The molecule has 1 saturated heterocycles. The molecule has 1 aliphatic rings. The van der Waals surface area contributed by atoms with Crippen LogP contribution < -0.4 is 10.1 Å². The van der Waals surface area contributed by atoms with E-state index in [1.54, 1.807) is 18.2 Å². The van der Waals surface area contributed by atoms with Gasteiger partial charge in [-0.15, -0.1) is 0 Å². The first-order valence-electron chi connectivity index (χ1n) is 10.1. The number of methoxy groups -OCH3 is 1. The molecule has 162 valence electrons. The van der Waals surface area contributed by atoms with E-state index >= 15 is 0 Å². The summed E-state index contributed by atoms with van der Waals surface area (Å²) in [6, 6.07) is 22.1. The summed E-state index contributed by atoms with van der Waals surface area (Å²) in [4.78, 5) is 36.4. The SMILES string of the molecule is COc1ccccc1N=C1S[C@H](CC(=O)Nc2ccccc2)C(=O)N1Cc1ccccn1. The van der Waals surface area contributed by atoms with Crippen molar-refractivity contribution in [3.63, 3.8) is 0 Å². The highest BCUT2D eigenvalue weighted by atomic mass is 32.2. The molecule has 0 radical (unpaired) electrons. The second-order valence-corrected chi connectivity index (χ2v) is 8.21. The summed E-state index contributed by atoms with van der Waals surface area (Å²) in [7, 11) is 1.58. The molecule has 1 fully saturated rings. The Morgan fingerprint density at radius 2 is 1.84 bits per heavy atom. The highest BCUT2D eigenvalue weighted by molar-refractivity contribution is 8.15. The third-order valence-corrected chi connectivity index (χ3v) is 5.97. The van der Waals surface area contributed by atoms with Crippen molar-refractivity contribution in [2.24, 2.45) is 4.99 Å². The number of nitrogens with zero attached hydrogens (tertiary/aromatic N) is 3. The van der Waals surface area contributed by atoms with Crippen LogP contribution in [0.1, 0.15) is 12.1 Å². The number of aromatic nitrogens is 1. The number of ether oxygens (including phenoxy) is 1. The Kier molecular flexibility index (Phi) is 6.81. The van der Waals surface area contributed by atoms with Gasteiger partial charge in [0.05, 0.1) is 19.3 Å². The van der Waals surface area contributed by atoms with Gasteiger partial charge in [-0.25, -0.2) is 4.99 Å². The van der Waals surface area contributed by atoms with Crippen molar-refractivity contribution in [3.05, 3.63) is 84.7 Å². The number of carbonyl (C=O) groups excluding carboxylic acids is 2. The van der Waals surface area contributed by atoms with E-state index < -0.39 is 5.25 Å². The summed E-state index contributed by atoms with van der Waals surface area (Å²) in [6.07, 6.45) is 1.73. The monoisotopic (exact) mass is 446 g/mol. The van der Waals surface area contributed by atoms with Gasteiger partial charge in [-0.3, -0.25) is 19.5 Å². The lowest BCUT2D eigenvalue weighted by Gasteiger charge is -2.16. The highest BCUT2D eigenvalue weighted by Gasteiger charge is 2.39. The van der Waals surface area contributed by atoms with Crippen molar-refractivity contribution in [3.8, 4) is 5.75 Å². The van der Waals surface area contributed by atoms with Crippen LogP contribution >= 0.6 is 11.8 Å². The molecule has 0 unspecified atom stereocenters. The number of hydrogen-bond acceptors (Lipinski definition) is 6. The van der Waals surface area contributed by atoms with E-state index in [0.717, 1.165) is 5.69 Å². The maximum absolute atomic E-state index is 13.2. The number of nitrogens with one attached hydrogen (secondary N) is 1. The molecule has 2 aromatic carbocycles. The van der Waals surface area contributed by atoms with Crippen LogP contribution in [-0.4, -0.2) is 39.2 Å². The molecule has 2 heterocycles. The van der Waals surface area contributed by atoms with Gasteiger partial charge < -0.3 is 10.1 Å². The topological polar surface area (TPSA) is 83.9 Å². The van der Waals surface area contributed by atoms with Crippen molar-refractivity contribution in [1.82, 2.24) is 9.88 Å². The van der Waals surface area contributed by atoms with Crippen LogP contribution in [0.2, 0.25) is 0 Å². The van der Waals surface area contributed by atoms with Crippen molar-refractivity contribution in [1.29, 1.82) is 0 Å². The number of anilines is 1. The predicted molar refractivity (Wildman–Crippen MR) is 126 cm³/mol. The lowest BCUT2D eigenvalue weighted by atomic mass is 10.2. The number of rotatable bonds is 7. The molecular formula is C24H22N4O3S. The Bertz CT molecular complexity index is 1120. The Balaban J connectivity index is 1.57. The van der Waals surface area contributed by atoms with Crippen LogP contribution in [-0.2, 0) is 16.1 Å². The third-order valence-electron chi connectivity index (χ3n) is 4.80. The molecule has 4 rings (SSSR count). The van der Waals surface area contributed by atoms with Crippen LogP contribution in [0.25, 0.3) is 0 Å². The van der Waals surface area contributed by atoms with E-state index in [0.29, 0.717) is 22.3 Å². The maximum atomic E-state index is 13.2. The predicted octanol–water partition coefficient (Wildman–Crippen LogP) is 4.25. The lowest BCUT2D eigenvalue weighted by molar-refractivity contribution is -0.128. The quantitative estimate of drug-likeness (QED) is 0.587. The average molecular weight is 447 g/mol. The van der Waals surface area contributed by atoms with Crippen molar-refractivity contribution in [2.75, 3.05) is 12.4 Å². The van der Waals surface area contributed by atoms with Crippen molar-refractivity contribution < 1.29 is 14.3 Å². The number of carbonyl (C=O) groups is 2. The van der Waals surface area contributed by atoms with Gasteiger partial charge in [-0.1, -0.05) is 48.2 Å². The standard InChI is InChI=1S/C24H22N4O3S/c1-31-20-13-6-5-12-19(20)27-24-28(16-18-11-7-8-14-25-18)23(30)21(32-24)15-22(29)26-17-9-3-2-4-10-17/h2-14,21H,15-16H2,1H3,(H,26,29)/t21-/m1/s1. The lowest BCUT2D eigenvalue weighted by Crippen LogP contribution is -2.33. The Morgan fingerprint density at radius 3 is 2.59 bits per heavy atom. The van der Waals surface area contributed by atoms with Gasteiger partial charge in [0, 0.05) is 18.3 Å². The third kappa shape index (κ3) is 5.15. The fourth-order valence-electron chi connectivity index (χ4n) is 3.25. The first kappa shape index (κ1) is 21.6. The zero-order chi connectivity index (χ0) is 22.3. The molecule has 0 bridgehead atoms. The van der Waals surface area contributed by atoms with Crippen LogP contribution in [0.3, 0.4) is 0 Å². The van der Waals surface area contributed by atoms with E-state index in [1.165, 1.54) is 11.8 Å². The van der Waals surface area contributed by atoms with E-state index in [2.05, 4.69) is 10.3 Å². The smallest absolute Gasteiger partial charge is 0.243 e. The number of aliphatic imine (C=N–C) groups is 1. The molecule has 1 aliphatic heterocycles. The number of para-hydroxylation sites is 3. The average Bonchev–Trinajstić information content (AvgIpc) is 3.09. The van der Waals surface area contributed by atoms with E-state index in [4.69, 9.17) is 9.73 Å². The molecule has 7 nitrogen and oxygen atoms in total. The van der Waals surface area contributed by atoms with Crippen molar-refractivity contribution >= 4 is 40.1 Å². The van der Waals surface area contributed by atoms with Gasteiger partial charge in [0.25, 0.3) is 0 Å². The summed E-state index contributed by atoms with van der Waals surface area (Å²) < 4.78 is 5.40. The molecule has 0 saturated carbocycles. The van der Waals surface area contributed by atoms with Gasteiger partial charge in [0.2, 0.25) is 11.8 Å². The van der Waals surface area contributed by atoms with Gasteiger partial charge in [0.15, 0.2) is 5.17 Å². The summed E-state index contributed by atoms with van der Waals surface area (Å²) >= 11 is 1.28. The van der Waals surface area contributed by atoms with Crippen LogP contribution in [0.5, 0.6) is 5.75 Å². The molecular weight excluding hydrogens is 424 g/mol. The molecule has 1 N–H and O–H groups in total. The largest absolute Gasteiger partial charge is 0.494 e. The number of amides is 2. The van der Waals surface area contributed by atoms with Crippen LogP contribution in [0, 0.1) is 0 Å².